The van der Waals surface area contributed by atoms with Crippen LogP contribution in [0.5, 0.6) is 0 Å². The van der Waals surface area contributed by atoms with Gasteiger partial charge >= 0.3 is 0 Å². The van der Waals surface area contributed by atoms with Crippen LogP contribution in [0.2, 0.25) is 0 Å². The Morgan fingerprint density at radius 1 is 0.737 bits per heavy atom. The third-order valence-electron chi connectivity index (χ3n) is 3.73. The molecule has 100 valence electrons. The fraction of sp³-hybridized carbons (Fsp3) is 0.333. The summed E-state index contributed by atoms with van der Waals surface area (Å²) in [6.07, 6.45) is 2.22. The maximum absolute atomic E-state index is 2.31. The van der Waals surface area contributed by atoms with Gasteiger partial charge in [-0.15, -0.1) is 0 Å². The molecular formula is C18H23N. The van der Waals surface area contributed by atoms with Crippen LogP contribution < -0.4 is 4.90 Å². The minimum absolute atomic E-state index is 1.11. The van der Waals surface area contributed by atoms with Gasteiger partial charge in [-0.25, -0.2) is 0 Å². The third-order valence-corrected chi connectivity index (χ3v) is 3.73. The topological polar surface area (TPSA) is 3.24 Å². The van der Waals surface area contributed by atoms with Gasteiger partial charge in [0.15, 0.2) is 0 Å². The molecule has 1 heteroatoms. The average Bonchev–Trinajstić information content (AvgIpc) is 2.40. The predicted octanol–water partition coefficient (Wildman–Crippen LogP) is 4.15. The van der Waals surface area contributed by atoms with Gasteiger partial charge in [0.25, 0.3) is 0 Å². The van der Waals surface area contributed by atoms with Crippen LogP contribution in [0.15, 0.2) is 42.5 Å². The summed E-state index contributed by atoms with van der Waals surface area (Å²) in [5.74, 6) is 0. The molecular weight excluding hydrogens is 230 g/mol. The molecule has 0 aliphatic heterocycles. The van der Waals surface area contributed by atoms with Crippen molar-refractivity contribution in [3.05, 3.63) is 64.7 Å². The van der Waals surface area contributed by atoms with Crippen LogP contribution in [0.25, 0.3) is 0 Å². The van der Waals surface area contributed by atoms with Gasteiger partial charge in [0.05, 0.1) is 0 Å². The summed E-state index contributed by atoms with van der Waals surface area (Å²) < 4.78 is 0. The lowest BCUT2D eigenvalue weighted by atomic mass is 10.0. The number of rotatable bonds is 4. The summed E-state index contributed by atoms with van der Waals surface area (Å²) >= 11 is 0. The second kappa shape index (κ2) is 5.92. The SMILES string of the molecule is Cc1ccc(CCc2ccc(N(C)C)cc2)cc1C. The number of hydrogen-bond donors (Lipinski definition) is 0. The molecule has 0 aliphatic rings. The fourth-order valence-corrected chi connectivity index (χ4v) is 2.21. The minimum atomic E-state index is 1.11. The molecule has 0 saturated carbocycles. The minimum Gasteiger partial charge on any atom is -0.378 e. The molecule has 0 unspecified atom stereocenters. The van der Waals surface area contributed by atoms with Gasteiger partial charge < -0.3 is 4.90 Å². The lowest BCUT2D eigenvalue weighted by Gasteiger charge is -2.12. The highest BCUT2D eigenvalue weighted by Gasteiger charge is 1.99. The van der Waals surface area contributed by atoms with Crippen LogP contribution in [0, 0.1) is 13.8 Å². The molecule has 0 radical (unpaired) electrons. The Hall–Kier alpha value is -1.76. The monoisotopic (exact) mass is 253 g/mol. The van der Waals surface area contributed by atoms with E-state index in [-0.39, 0.29) is 0 Å². The Morgan fingerprint density at radius 2 is 1.32 bits per heavy atom. The first-order chi connectivity index (χ1) is 9.06. The number of hydrogen-bond acceptors (Lipinski definition) is 1. The highest BCUT2D eigenvalue weighted by molar-refractivity contribution is 5.46. The van der Waals surface area contributed by atoms with E-state index in [1.807, 2.05) is 0 Å². The molecule has 1 nitrogen and oxygen atoms in total. The van der Waals surface area contributed by atoms with Crippen LogP contribution in [0.4, 0.5) is 5.69 Å². The van der Waals surface area contributed by atoms with E-state index >= 15 is 0 Å². The van der Waals surface area contributed by atoms with E-state index in [4.69, 9.17) is 0 Å². The Labute approximate surface area is 116 Å². The van der Waals surface area contributed by atoms with E-state index in [2.05, 4.69) is 75.3 Å². The molecule has 0 aromatic heterocycles. The van der Waals surface area contributed by atoms with Gasteiger partial charge in [-0.05, 0) is 61.1 Å². The zero-order valence-electron chi connectivity index (χ0n) is 12.4. The van der Waals surface area contributed by atoms with Crippen LogP contribution in [-0.2, 0) is 12.8 Å². The normalized spacial score (nSPS) is 10.5. The second-order valence-electron chi connectivity index (χ2n) is 5.48. The third kappa shape index (κ3) is 3.60. The first kappa shape index (κ1) is 13.7. The van der Waals surface area contributed by atoms with E-state index in [0.29, 0.717) is 0 Å². The Morgan fingerprint density at radius 3 is 1.89 bits per heavy atom. The van der Waals surface area contributed by atoms with Crippen molar-refractivity contribution < 1.29 is 0 Å². The summed E-state index contributed by atoms with van der Waals surface area (Å²) in [4.78, 5) is 2.13. The van der Waals surface area contributed by atoms with Crippen molar-refractivity contribution in [3.63, 3.8) is 0 Å². The summed E-state index contributed by atoms with van der Waals surface area (Å²) in [6.45, 7) is 4.35. The highest BCUT2D eigenvalue weighted by Crippen LogP contribution is 2.15. The van der Waals surface area contributed by atoms with Crippen LogP contribution in [0.1, 0.15) is 22.3 Å². The maximum Gasteiger partial charge on any atom is 0.0361 e. The van der Waals surface area contributed by atoms with Crippen molar-refractivity contribution in [2.75, 3.05) is 19.0 Å². The van der Waals surface area contributed by atoms with Gasteiger partial charge in [-0.1, -0.05) is 30.3 Å². The van der Waals surface area contributed by atoms with Crippen LogP contribution >= 0.6 is 0 Å². The zero-order chi connectivity index (χ0) is 13.8. The molecule has 0 aliphatic carbocycles. The molecule has 2 aromatic rings. The Balaban J connectivity index is 2.00. The number of aryl methyl sites for hydroxylation is 4. The van der Waals surface area contributed by atoms with E-state index in [9.17, 15) is 0 Å². The molecule has 2 aromatic carbocycles. The molecule has 2 rings (SSSR count). The Bertz CT molecular complexity index is 538. The lowest BCUT2D eigenvalue weighted by Crippen LogP contribution is -2.08. The van der Waals surface area contributed by atoms with E-state index in [1.54, 1.807) is 0 Å². The van der Waals surface area contributed by atoms with Gasteiger partial charge in [-0.2, -0.15) is 0 Å². The smallest absolute Gasteiger partial charge is 0.0361 e. The second-order valence-corrected chi connectivity index (χ2v) is 5.48. The number of anilines is 1. The summed E-state index contributed by atoms with van der Waals surface area (Å²) in [5.41, 5.74) is 6.86. The molecule has 0 fully saturated rings. The van der Waals surface area contributed by atoms with Crippen molar-refractivity contribution in [3.8, 4) is 0 Å². The van der Waals surface area contributed by atoms with Gasteiger partial charge in [0, 0.05) is 19.8 Å². The van der Waals surface area contributed by atoms with Crippen molar-refractivity contribution in [2.24, 2.45) is 0 Å². The largest absolute Gasteiger partial charge is 0.378 e. The predicted molar refractivity (Wildman–Crippen MR) is 84.1 cm³/mol. The fourth-order valence-electron chi connectivity index (χ4n) is 2.21. The van der Waals surface area contributed by atoms with Gasteiger partial charge in [0.2, 0.25) is 0 Å². The molecule has 0 saturated heterocycles. The van der Waals surface area contributed by atoms with Crippen LogP contribution in [-0.4, -0.2) is 14.1 Å². The van der Waals surface area contributed by atoms with Gasteiger partial charge in [-0.3, -0.25) is 0 Å². The quantitative estimate of drug-likeness (QED) is 0.791. The molecule has 0 N–H and O–H groups in total. The molecule has 0 heterocycles. The Kier molecular flexibility index (Phi) is 4.26. The van der Waals surface area contributed by atoms with Crippen molar-refractivity contribution in [1.29, 1.82) is 0 Å². The molecule has 19 heavy (non-hydrogen) atoms. The van der Waals surface area contributed by atoms with E-state index in [1.165, 1.54) is 27.9 Å². The average molecular weight is 253 g/mol. The highest BCUT2D eigenvalue weighted by atomic mass is 15.1. The molecule has 0 amide bonds. The van der Waals surface area contributed by atoms with Crippen molar-refractivity contribution in [1.82, 2.24) is 0 Å². The maximum atomic E-state index is 2.31. The summed E-state index contributed by atoms with van der Waals surface area (Å²) in [7, 11) is 4.15. The van der Waals surface area contributed by atoms with Crippen LogP contribution in [0.3, 0.4) is 0 Å². The first-order valence-corrected chi connectivity index (χ1v) is 6.88. The molecule has 0 bridgehead atoms. The number of benzene rings is 2. The van der Waals surface area contributed by atoms with Crippen molar-refractivity contribution >= 4 is 5.69 Å². The first-order valence-electron chi connectivity index (χ1n) is 6.88. The molecule has 0 atom stereocenters. The summed E-state index contributed by atoms with van der Waals surface area (Å²) in [5, 5.41) is 0. The lowest BCUT2D eigenvalue weighted by molar-refractivity contribution is 0.955. The zero-order valence-corrected chi connectivity index (χ0v) is 12.4. The van der Waals surface area contributed by atoms with Gasteiger partial charge in [0.1, 0.15) is 0 Å². The molecule has 0 spiro atoms. The number of nitrogens with zero attached hydrogens (tertiary/aromatic N) is 1. The van der Waals surface area contributed by atoms with E-state index in [0.717, 1.165) is 12.8 Å². The summed E-state index contributed by atoms with van der Waals surface area (Å²) in [6, 6.07) is 15.6. The van der Waals surface area contributed by atoms with E-state index < -0.39 is 0 Å². The standard InChI is InChI=1S/C18H23N/c1-14-5-6-17(13-15(14)2)8-7-16-9-11-18(12-10-16)19(3)4/h5-6,9-13H,7-8H2,1-4H3. The van der Waals surface area contributed by atoms with Crippen molar-refractivity contribution in [2.45, 2.75) is 26.7 Å².